The van der Waals surface area contributed by atoms with Crippen molar-refractivity contribution in [2.24, 2.45) is 0 Å². The summed E-state index contributed by atoms with van der Waals surface area (Å²) in [5, 5.41) is 28.3. The van der Waals surface area contributed by atoms with Gasteiger partial charge >= 0.3 is 5.97 Å². The van der Waals surface area contributed by atoms with Gasteiger partial charge in [0.2, 0.25) is 5.76 Å². The fourth-order valence-corrected chi connectivity index (χ4v) is 4.13. The maximum atomic E-state index is 11.7. The molecule has 32 heavy (non-hydrogen) atoms. The maximum Gasteiger partial charge on any atom is 0.378 e. The number of esters is 1. The van der Waals surface area contributed by atoms with Crippen molar-refractivity contribution >= 4 is 5.97 Å². The number of rotatable bonds is 22. The lowest BCUT2D eigenvalue weighted by Gasteiger charge is -2.13. The van der Waals surface area contributed by atoms with E-state index in [0.717, 1.165) is 19.3 Å². The molecule has 0 saturated heterocycles. The lowest BCUT2D eigenvalue weighted by Crippen LogP contribution is -2.31. The van der Waals surface area contributed by atoms with E-state index < -0.39 is 30.5 Å². The van der Waals surface area contributed by atoms with E-state index in [0.29, 0.717) is 6.61 Å². The zero-order valence-corrected chi connectivity index (χ0v) is 20.4. The van der Waals surface area contributed by atoms with Crippen LogP contribution in [-0.4, -0.2) is 46.7 Å². The lowest BCUT2D eigenvalue weighted by molar-refractivity contribution is -0.148. The summed E-state index contributed by atoms with van der Waals surface area (Å²) in [6.07, 6.45) is 20.9. The van der Waals surface area contributed by atoms with E-state index in [9.17, 15) is 15.0 Å². The van der Waals surface area contributed by atoms with Gasteiger partial charge in [0.05, 0.1) is 13.2 Å². The Kier molecular flexibility index (Phi) is 17.3. The first-order chi connectivity index (χ1) is 15.6. The quantitative estimate of drug-likeness (QED) is 0.135. The molecule has 0 spiro atoms. The summed E-state index contributed by atoms with van der Waals surface area (Å²) < 4.78 is 10.2. The summed E-state index contributed by atoms with van der Waals surface area (Å²) in [6.45, 7) is 2.00. The molecule has 0 aromatic carbocycles. The summed E-state index contributed by atoms with van der Waals surface area (Å²) in [5.74, 6) is -1.46. The van der Waals surface area contributed by atoms with Gasteiger partial charge in [0.15, 0.2) is 11.9 Å². The number of ether oxygens (including phenoxy) is 2. The minimum absolute atomic E-state index is 0.241. The number of carbonyl (C=O) groups excluding carboxylic acids is 1. The van der Waals surface area contributed by atoms with Crippen molar-refractivity contribution in [2.75, 3.05) is 13.2 Å². The van der Waals surface area contributed by atoms with Crippen LogP contribution in [0.3, 0.4) is 0 Å². The van der Waals surface area contributed by atoms with Gasteiger partial charge < -0.3 is 24.8 Å². The molecule has 2 atom stereocenters. The zero-order valence-electron chi connectivity index (χ0n) is 20.4. The standard InChI is InChI=1S/C26H48O6/c1-2-3-4-5-6-7-8-9-10-11-12-13-14-15-16-17-18-19-20-31-25-23(29)24(22(28)21-27)32-26(25)30/h22,24,27-29H,2-21H2,1H3. The molecule has 188 valence electrons. The molecule has 3 N–H and O–H groups in total. The summed E-state index contributed by atoms with van der Waals surface area (Å²) >= 11 is 0. The number of carbonyl (C=O) groups is 1. The Balaban J connectivity index is 1.85. The Morgan fingerprint density at radius 3 is 1.59 bits per heavy atom. The molecule has 1 aliphatic rings. The summed E-state index contributed by atoms with van der Waals surface area (Å²) in [7, 11) is 0. The van der Waals surface area contributed by atoms with Crippen LogP contribution in [0.15, 0.2) is 11.5 Å². The molecular formula is C26H48O6. The van der Waals surface area contributed by atoms with Crippen LogP contribution in [0.5, 0.6) is 0 Å². The van der Waals surface area contributed by atoms with Crippen molar-refractivity contribution in [3.05, 3.63) is 11.5 Å². The molecule has 0 fully saturated rings. The molecule has 6 heteroatoms. The van der Waals surface area contributed by atoms with Gasteiger partial charge in [0.25, 0.3) is 0 Å². The molecule has 0 amide bonds. The molecule has 1 rings (SSSR count). The molecule has 6 nitrogen and oxygen atoms in total. The Labute approximate surface area is 195 Å². The molecule has 0 radical (unpaired) electrons. The highest BCUT2D eigenvalue weighted by atomic mass is 16.6. The van der Waals surface area contributed by atoms with Gasteiger partial charge in [0.1, 0.15) is 6.10 Å². The normalized spacial score (nSPS) is 17.1. The number of cyclic esters (lactones) is 1. The SMILES string of the molecule is CCCCCCCCCCCCCCCCCCCCOC1=C(O)C(C(O)CO)OC1=O. The van der Waals surface area contributed by atoms with Crippen molar-refractivity contribution in [2.45, 2.75) is 135 Å². The second kappa shape index (κ2) is 19.2. The summed E-state index contributed by atoms with van der Waals surface area (Å²) in [4.78, 5) is 11.7. The molecule has 0 aliphatic carbocycles. The van der Waals surface area contributed by atoms with E-state index >= 15 is 0 Å². The Bertz CT molecular complexity index is 505. The van der Waals surface area contributed by atoms with Gasteiger partial charge in [-0.05, 0) is 6.42 Å². The first-order valence-corrected chi connectivity index (χ1v) is 13.2. The predicted octanol–water partition coefficient (Wildman–Crippen LogP) is 6.09. The van der Waals surface area contributed by atoms with Crippen molar-refractivity contribution in [3.63, 3.8) is 0 Å². The summed E-state index contributed by atoms with van der Waals surface area (Å²) in [6, 6.07) is 0. The van der Waals surface area contributed by atoms with E-state index in [1.54, 1.807) is 0 Å². The number of hydrogen-bond acceptors (Lipinski definition) is 6. The topological polar surface area (TPSA) is 96.2 Å². The lowest BCUT2D eigenvalue weighted by atomic mass is 10.0. The monoisotopic (exact) mass is 456 g/mol. The fraction of sp³-hybridized carbons (Fsp3) is 0.885. The highest BCUT2D eigenvalue weighted by molar-refractivity contribution is 5.89. The van der Waals surface area contributed by atoms with Crippen molar-refractivity contribution in [3.8, 4) is 0 Å². The van der Waals surface area contributed by atoms with E-state index in [-0.39, 0.29) is 5.76 Å². The van der Waals surface area contributed by atoms with Gasteiger partial charge in [-0.15, -0.1) is 0 Å². The zero-order chi connectivity index (χ0) is 23.4. The van der Waals surface area contributed by atoms with Gasteiger partial charge in [-0.2, -0.15) is 0 Å². The molecule has 1 heterocycles. The summed E-state index contributed by atoms with van der Waals surface area (Å²) in [5.41, 5.74) is 0. The van der Waals surface area contributed by atoms with Crippen molar-refractivity contribution in [1.29, 1.82) is 0 Å². The first kappa shape index (κ1) is 28.8. The van der Waals surface area contributed by atoms with Crippen LogP contribution in [0.1, 0.15) is 122 Å². The van der Waals surface area contributed by atoms with Gasteiger partial charge in [-0.1, -0.05) is 116 Å². The number of aliphatic hydroxyl groups excluding tert-OH is 3. The van der Waals surface area contributed by atoms with E-state index in [1.165, 1.54) is 96.3 Å². The molecule has 0 aromatic rings. The largest absolute Gasteiger partial charge is 0.505 e. The molecular weight excluding hydrogens is 408 g/mol. The molecule has 2 unspecified atom stereocenters. The van der Waals surface area contributed by atoms with Gasteiger partial charge in [-0.25, -0.2) is 4.79 Å². The minimum Gasteiger partial charge on any atom is -0.505 e. The highest BCUT2D eigenvalue weighted by Gasteiger charge is 2.40. The highest BCUT2D eigenvalue weighted by Crippen LogP contribution is 2.24. The first-order valence-electron chi connectivity index (χ1n) is 13.2. The third kappa shape index (κ3) is 12.7. The van der Waals surface area contributed by atoms with Gasteiger partial charge in [-0.3, -0.25) is 0 Å². The van der Waals surface area contributed by atoms with Crippen LogP contribution < -0.4 is 0 Å². The number of hydrogen-bond donors (Lipinski definition) is 3. The molecule has 0 aromatic heterocycles. The van der Waals surface area contributed by atoms with E-state index in [1.807, 2.05) is 0 Å². The van der Waals surface area contributed by atoms with Crippen LogP contribution in [0.2, 0.25) is 0 Å². The van der Waals surface area contributed by atoms with Crippen molar-refractivity contribution < 1.29 is 29.6 Å². The number of unbranched alkanes of at least 4 members (excludes halogenated alkanes) is 17. The Morgan fingerprint density at radius 1 is 0.781 bits per heavy atom. The predicted molar refractivity (Wildman–Crippen MR) is 127 cm³/mol. The average Bonchev–Trinajstić information content (AvgIpc) is 3.08. The van der Waals surface area contributed by atoms with Crippen molar-refractivity contribution in [1.82, 2.24) is 0 Å². The third-order valence-corrected chi connectivity index (χ3v) is 6.20. The van der Waals surface area contributed by atoms with Crippen LogP contribution >= 0.6 is 0 Å². The average molecular weight is 457 g/mol. The fourth-order valence-electron chi connectivity index (χ4n) is 4.13. The number of aliphatic hydroxyl groups is 3. The minimum atomic E-state index is -1.34. The Hall–Kier alpha value is -1.27. The van der Waals surface area contributed by atoms with E-state index in [4.69, 9.17) is 14.6 Å². The Morgan fingerprint density at radius 2 is 1.19 bits per heavy atom. The van der Waals surface area contributed by atoms with E-state index in [2.05, 4.69) is 6.92 Å². The van der Waals surface area contributed by atoms with Crippen LogP contribution in [-0.2, 0) is 14.3 Å². The molecule has 0 bridgehead atoms. The second-order valence-corrected chi connectivity index (χ2v) is 9.15. The molecule has 1 aliphatic heterocycles. The van der Waals surface area contributed by atoms with Gasteiger partial charge in [0, 0.05) is 0 Å². The van der Waals surface area contributed by atoms with Crippen LogP contribution in [0.4, 0.5) is 0 Å². The third-order valence-electron chi connectivity index (χ3n) is 6.20. The van der Waals surface area contributed by atoms with Crippen LogP contribution in [0, 0.1) is 0 Å². The van der Waals surface area contributed by atoms with Crippen LogP contribution in [0.25, 0.3) is 0 Å². The second-order valence-electron chi connectivity index (χ2n) is 9.15. The smallest absolute Gasteiger partial charge is 0.378 e. The maximum absolute atomic E-state index is 11.7. The molecule has 0 saturated carbocycles.